The van der Waals surface area contributed by atoms with Gasteiger partial charge in [0.2, 0.25) is 5.91 Å². The van der Waals surface area contributed by atoms with Gasteiger partial charge >= 0.3 is 0 Å². The van der Waals surface area contributed by atoms with E-state index in [9.17, 15) is 4.79 Å². The van der Waals surface area contributed by atoms with Crippen LogP contribution in [0.4, 0.5) is 0 Å². The molecule has 0 aliphatic heterocycles. The minimum Gasteiger partial charge on any atom is -0.354 e. The molecule has 0 saturated heterocycles. The van der Waals surface area contributed by atoms with E-state index < -0.39 is 0 Å². The first-order valence-electron chi connectivity index (χ1n) is 5.51. The second-order valence-electron chi connectivity index (χ2n) is 3.88. The van der Waals surface area contributed by atoms with Crippen molar-refractivity contribution in [1.82, 2.24) is 20.3 Å². The van der Waals surface area contributed by atoms with Crippen molar-refractivity contribution in [1.29, 1.82) is 0 Å². The molecular weight excluding hydrogens is 206 g/mol. The number of carbonyl (C=O) groups is 1. The summed E-state index contributed by atoms with van der Waals surface area (Å²) in [5, 5.41) is 10.6. The summed E-state index contributed by atoms with van der Waals surface area (Å²) in [7, 11) is 0. The molecule has 6 heteroatoms. The van der Waals surface area contributed by atoms with Crippen LogP contribution in [-0.2, 0) is 4.79 Å². The molecule has 0 aliphatic carbocycles. The van der Waals surface area contributed by atoms with E-state index in [4.69, 9.17) is 5.73 Å². The highest BCUT2D eigenvalue weighted by atomic mass is 16.2. The number of amides is 1. The molecule has 0 radical (unpaired) electrons. The molecule has 1 aromatic rings. The van der Waals surface area contributed by atoms with E-state index in [-0.39, 0.29) is 18.0 Å². The number of hydrogen-bond acceptors (Lipinski definition) is 4. The van der Waals surface area contributed by atoms with Gasteiger partial charge in [-0.2, -0.15) is 0 Å². The summed E-state index contributed by atoms with van der Waals surface area (Å²) in [6, 6.07) is -0.522. The first-order chi connectivity index (χ1) is 7.56. The van der Waals surface area contributed by atoms with Crippen LogP contribution in [0.15, 0.2) is 6.20 Å². The van der Waals surface area contributed by atoms with E-state index in [1.807, 2.05) is 13.8 Å². The Morgan fingerprint density at radius 3 is 2.81 bits per heavy atom. The van der Waals surface area contributed by atoms with Gasteiger partial charge in [0.25, 0.3) is 0 Å². The van der Waals surface area contributed by atoms with Crippen LogP contribution in [-0.4, -0.2) is 27.4 Å². The Balaban J connectivity index is 2.64. The number of nitrogens with two attached hydrogens (primary N) is 1. The number of carbonyl (C=O) groups excluding carboxylic acids is 1. The van der Waals surface area contributed by atoms with E-state index in [0.717, 1.165) is 6.42 Å². The lowest BCUT2D eigenvalue weighted by Crippen LogP contribution is -2.31. The van der Waals surface area contributed by atoms with Gasteiger partial charge in [0.15, 0.2) is 0 Å². The molecule has 0 aliphatic rings. The summed E-state index contributed by atoms with van der Waals surface area (Å²) in [5.74, 6) is -0.0528. The van der Waals surface area contributed by atoms with Crippen LogP contribution in [0.25, 0.3) is 0 Å². The van der Waals surface area contributed by atoms with Gasteiger partial charge in [0.1, 0.15) is 6.04 Å². The minimum absolute atomic E-state index is 0.0528. The van der Waals surface area contributed by atoms with Crippen LogP contribution >= 0.6 is 0 Å². The van der Waals surface area contributed by atoms with Crippen molar-refractivity contribution in [3.63, 3.8) is 0 Å². The van der Waals surface area contributed by atoms with Crippen LogP contribution < -0.4 is 11.1 Å². The van der Waals surface area contributed by atoms with Crippen LogP contribution in [0.2, 0.25) is 0 Å². The Hall–Kier alpha value is -1.43. The Bertz CT molecular complexity index is 347. The van der Waals surface area contributed by atoms with E-state index in [1.165, 1.54) is 4.68 Å². The molecule has 0 bridgehead atoms. The van der Waals surface area contributed by atoms with Crippen molar-refractivity contribution >= 4 is 5.91 Å². The second kappa shape index (κ2) is 5.60. The molecule has 90 valence electrons. The van der Waals surface area contributed by atoms with Gasteiger partial charge in [-0.05, 0) is 20.3 Å². The fourth-order valence-corrected chi connectivity index (χ4v) is 1.20. The molecule has 1 aromatic heterocycles. The van der Waals surface area contributed by atoms with Crippen molar-refractivity contribution < 1.29 is 4.79 Å². The maximum Gasteiger partial charge on any atom is 0.244 e. The maximum atomic E-state index is 11.7. The van der Waals surface area contributed by atoms with Gasteiger partial charge in [0, 0.05) is 12.6 Å². The van der Waals surface area contributed by atoms with Gasteiger partial charge in [-0.1, -0.05) is 12.1 Å². The molecule has 0 aromatic carbocycles. The number of hydrogen-bond donors (Lipinski definition) is 2. The zero-order chi connectivity index (χ0) is 12.1. The summed E-state index contributed by atoms with van der Waals surface area (Å²) in [6.45, 7) is 6.30. The molecule has 1 rings (SSSR count). The SMILES string of the molecule is CCCNC(=O)C(C)n1cc(C(C)N)nn1. The Morgan fingerprint density at radius 1 is 1.62 bits per heavy atom. The lowest BCUT2D eigenvalue weighted by Gasteiger charge is -2.11. The van der Waals surface area contributed by atoms with Gasteiger partial charge in [0.05, 0.1) is 11.9 Å². The zero-order valence-electron chi connectivity index (χ0n) is 9.97. The van der Waals surface area contributed by atoms with Crippen molar-refractivity contribution in [3.8, 4) is 0 Å². The zero-order valence-corrected chi connectivity index (χ0v) is 9.97. The van der Waals surface area contributed by atoms with Gasteiger partial charge < -0.3 is 11.1 Å². The topological polar surface area (TPSA) is 85.8 Å². The fraction of sp³-hybridized carbons (Fsp3) is 0.700. The average molecular weight is 225 g/mol. The molecular formula is C10H19N5O. The predicted molar refractivity (Wildman–Crippen MR) is 60.6 cm³/mol. The standard InChI is InChI=1S/C10H19N5O/c1-4-5-12-10(16)8(3)15-6-9(7(2)11)13-14-15/h6-8H,4-5,11H2,1-3H3,(H,12,16). The fourth-order valence-electron chi connectivity index (χ4n) is 1.20. The van der Waals surface area contributed by atoms with Crippen molar-refractivity contribution in [2.45, 2.75) is 39.3 Å². The van der Waals surface area contributed by atoms with Crippen LogP contribution in [0.3, 0.4) is 0 Å². The number of nitrogens with one attached hydrogen (secondary N) is 1. The van der Waals surface area contributed by atoms with Crippen molar-refractivity contribution in [2.24, 2.45) is 5.73 Å². The van der Waals surface area contributed by atoms with Crippen LogP contribution in [0.1, 0.15) is 45.0 Å². The molecule has 2 atom stereocenters. The highest BCUT2D eigenvalue weighted by Gasteiger charge is 2.16. The monoisotopic (exact) mass is 225 g/mol. The van der Waals surface area contributed by atoms with Crippen molar-refractivity contribution in [2.75, 3.05) is 6.54 Å². The van der Waals surface area contributed by atoms with Gasteiger partial charge in [-0.15, -0.1) is 5.10 Å². The Kier molecular flexibility index (Phi) is 4.42. The highest BCUT2D eigenvalue weighted by Crippen LogP contribution is 2.08. The van der Waals surface area contributed by atoms with E-state index in [0.29, 0.717) is 12.2 Å². The van der Waals surface area contributed by atoms with E-state index >= 15 is 0 Å². The summed E-state index contributed by atoms with van der Waals surface area (Å²) in [6.07, 6.45) is 2.63. The summed E-state index contributed by atoms with van der Waals surface area (Å²) in [5.41, 5.74) is 6.36. The Morgan fingerprint density at radius 2 is 2.31 bits per heavy atom. The highest BCUT2D eigenvalue weighted by molar-refractivity contribution is 5.79. The molecule has 16 heavy (non-hydrogen) atoms. The second-order valence-corrected chi connectivity index (χ2v) is 3.88. The number of nitrogens with zero attached hydrogens (tertiary/aromatic N) is 3. The van der Waals surface area contributed by atoms with Crippen LogP contribution in [0, 0.1) is 0 Å². The number of aromatic nitrogens is 3. The first-order valence-corrected chi connectivity index (χ1v) is 5.51. The average Bonchev–Trinajstić information content (AvgIpc) is 2.74. The molecule has 1 heterocycles. The third-order valence-electron chi connectivity index (χ3n) is 2.32. The van der Waals surface area contributed by atoms with E-state index in [2.05, 4.69) is 15.6 Å². The van der Waals surface area contributed by atoms with E-state index in [1.54, 1.807) is 13.1 Å². The third-order valence-corrected chi connectivity index (χ3v) is 2.32. The van der Waals surface area contributed by atoms with Gasteiger partial charge in [-0.25, -0.2) is 4.68 Å². The van der Waals surface area contributed by atoms with Gasteiger partial charge in [-0.3, -0.25) is 4.79 Å². The summed E-state index contributed by atoms with van der Waals surface area (Å²) < 4.78 is 1.53. The maximum absolute atomic E-state index is 11.7. The lowest BCUT2D eigenvalue weighted by atomic mass is 10.2. The molecule has 3 N–H and O–H groups in total. The molecule has 0 spiro atoms. The molecule has 6 nitrogen and oxygen atoms in total. The quantitative estimate of drug-likeness (QED) is 0.758. The largest absolute Gasteiger partial charge is 0.354 e. The molecule has 2 unspecified atom stereocenters. The lowest BCUT2D eigenvalue weighted by molar-refractivity contribution is -0.124. The minimum atomic E-state index is -0.355. The normalized spacial score (nSPS) is 14.5. The van der Waals surface area contributed by atoms with Crippen LogP contribution in [0.5, 0.6) is 0 Å². The Labute approximate surface area is 95.2 Å². The smallest absolute Gasteiger partial charge is 0.244 e. The number of rotatable bonds is 5. The molecule has 0 fully saturated rings. The summed E-state index contributed by atoms with van der Waals surface area (Å²) in [4.78, 5) is 11.7. The molecule has 1 amide bonds. The summed E-state index contributed by atoms with van der Waals surface area (Å²) >= 11 is 0. The molecule has 0 saturated carbocycles. The first kappa shape index (κ1) is 12.6. The predicted octanol–water partition coefficient (Wildman–Crippen LogP) is 0.385. The van der Waals surface area contributed by atoms with Crippen molar-refractivity contribution in [3.05, 3.63) is 11.9 Å². The third kappa shape index (κ3) is 3.03.